The van der Waals surface area contributed by atoms with Crippen LogP contribution >= 0.6 is 0 Å². The van der Waals surface area contributed by atoms with Crippen molar-refractivity contribution in [2.24, 2.45) is 0 Å². The zero-order valence-electron chi connectivity index (χ0n) is 17.6. The van der Waals surface area contributed by atoms with Crippen LogP contribution in [0.15, 0.2) is 48.5 Å². The lowest BCUT2D eigenvalue weighted by molar-refractivity contribution is 0.0227. The van der Waals surface area contributed by atoms with Crippen LogP contribution in [0, 0.1) is 0 Å². The van der Waals surface area contributed by atoms with Crippen molar-refractivity contribution in [2.75, 3.05) is 18.0 Å². The Hall–Kier alpha value is -2.49. The Morgan fingerprint density at radius 2 is 1.72 bits per heavy atom. The molecule has 1 fully saturated rings. The van der Waals surface area contributed by atoms with Crippen molar-refractivity contribution >= 4 is 11.6 Å². The predicted molar refractivity (Wildman–Crippen MR) is 118 cm³/mol. The highest BCUT2D eigenvalue weighted by Crippen LogP contribution is 2.42. The summed E-state index contributed by atoms with van der Waals surface area (Å²) in [6, 6.07) is 16.1. The number of fused-ring (bicyclic) bond motifs is 1. The third kappa shape index (κ3) is 4.12. The fraction of sp³-hybridized carbons (Fsp3) is 0.480. The SMILES string of the molecule is CCC1(CC)C[C@H](NC(=O)c2ccc(N3CCCCC3)cc2)c2ccccc2O1. The average Bonchev–Trinajstić information content (AvgIpc) is 2.79. The van der Waals surface area contributed by atoms with E-state index >= 15 is 0 Å². The number of amides is 1. The van der Waals surface area contributed by atoms with E-state index in [1.165, 1.54) is 24.9 Å². The molecule has 2 aromatic carbocycles. The second-order valence-corrected chi connectivity index (χ2v) is 8.35. The van der Waals surface area contributed by atoms with Crippen LogP contribution in [0.2, 0.25) is 0 Å². The van der Waals surface area contributed by atoms with Crippen LogP contribution in [0.4, 0.5) is 5.69 Å². The van der Waals surface area contributed by atoms with Crippen molar-refractivity contribution in [2.45, 2.75) is 64.0 Å². The Labute approximate surface area is 174 Å². The average molecular weight is 393 g/mol. The van der Waals surface area contributed by atoms with Gasteiger partial charge in [-0.25, -0.2) is 0 Å². The number of carbonyl (C=O) groups is 1. The van der Waals surface area contributed by atoms with E-state index in [0.29, 0.717) is 5.56 Å². The third-order valence-electron chi connectivity index (χ3n) is 6.64. The molecule has 0 bridgehead atoms. The Morgan fingerprint density at radius 1 is 1.03 bits per heavy atom. The van der Waals surface area contributed by atoms with Crippen LogP contribution < -0.4 is 15.0 Å². The van der Waals surface area contributed by atoms with Gasteiger partial charge in [-0.2, -0.15) is 0 Å². The maximum atomic E-state index is 13.0. The molecule has 1 atom stereocenters. The number of nitrogens with zero attached hydrogens (tertiary/aromatic N) is 1. The van der Waals surface area contributed by atoms with Crippen molar-refractivity contribution in [1.29, 1.82) is 0 Å². The van der Waals surface area contributed by atoms with Gasteiger partial charge in [-0.15, -0.1) is 0 Å². The summed E-state index contributed by atoms with van der Waals surface area (Å²) in [6.45, 7) is 6.55. The van der Waals surface area contributed by atoms with Gasteiger partial charge in [0, 0.05) is 36.3 Å². The molecule has 4 nitrogen and oxygen atoms in total. The fourth-order valence-corrected chi connectivity index (χ4v) is 4.65. The van der Waals surface area contributed by atoms with E-state index in [4.69, 9.17) is 4.74 Å². The number of carbonyl (C=O) groups excluding carboxylic acids is 1. The molecule has 1 amide bonds. The van der Waals surface area contributed by atoms with Crippen LogP contribution in [-0.2, 0) is 0 Å². The Balaban J connectivity index is 1.51. The van der Waals surface area contributed by atoms with Crippen molar-refractivity contribution in [3.63, 3.8) is 0 Å². The first-order valence-electron chi connectivity index (χ1n) is 11.1. The first-order valence-corrected chi connectivity index (χ1v) is 11.1. The van der Waals surface area contributed by atoms with E-state index in [2.05, 4.69) is 42.3 Å². The first kappa shape index (κ1) is 19.8. The van der Waals surface area contributed by atoms with Crippen LogP contribution in [0.3, 0.4) is 0 Å². The topological polar surface area (TPSA) is 41.6 Å². The molecule has 0 spiro atoms. The normalized spacial score (nSPS) is 20.5. The number of nitrogens with one attached hydrogen (secondary N) is 1. The van der Waals surface area contributed by atoms with Gasteiger partial charge in [0.15, 0.2) is 0 Å². The van der Waals surface area contributed by atoms with Gasteiger partial charge in [0.05, 0.1) is 6.04 Å². The minimum atomic E-state index is -0.218. The van der Waals surface area contributed by atoms with Crippen LogP contribution in [0.1, 0.15) is 74.3 Å². The van der Waals surface area contributed by atoms with Crippen molar-refractivity contribution in [3.8, 4) is 5.75 Å². The van der Waals surface area contributed by atoms with E-state index in [1.807, 2.05) is 30.3 Å². The molecule has 2 heterocycles. The predicted octanol–water partition coefficient (Wildman–Crippen LogP) is 5.49. The molecule has 1 N–H and O–H groups in total. The van der Waals surface area contributed by atoms with Gasteiger partial charge in [0.2, 0.25) is 0 Å². The number of hydrogen-bond acceptors (Lipinski definition) is 3. The molecule has 0 aromatic heterocycles. The lowest BCUT2D eigenvalue weighted by Gasteiger charge is -2.41. The van der Waals surface area contributed by atoms with E-state index in [0.717, 1.165) is 43.7 Å². The van der Waals surface area contributed by atoms with Gasteiger partial charge in [0.25, 0.3) is 5.91 Å². The van der Waals surface area contributed by atoms with Gasteiger partial charge >= 0.3 is 0 Å². The number of ether oxygens (including phenoxy) is 1. The molecule has 0 saturated carbocycles. The minimum Gasteiger partial charge on any atom is -0.487 e. The Bertz CT molecular complexity index is 836. The number of piperidine rings is 1. The van der Waals surface area contributed by atoms with E-state index in [9.17, 15) is 4.79 Å². The second kappa shape index (κ2) is 8.48. The molecule has 2 aromatic rings. The Morgan fingerprint density at radius 3 is 2.41 bits per heavy atom. The largest absolute Gasteiger partial charge is 0.487 e. The summed E-state index contributed by atoms with van der Waals surface area (Å²) in [6.07, 6.45) is 6.47. The summed E-state index contributed by atoms with van der Waals surface area (Å²) >= 11 is 0. The van der Waals surface area contributed by atoms with Gasteiger partial charge in [-0.1, -0.05) is 32.0 Å². The molecule has 154 valence electrons. The van der Waals surface area contributed by atoms with Gasteiger partial charge < -0.3 is 15.0 Å². The molecule has 4 heteroatoms. The number of hydrogen-bond donors (Lipinski definition) is 1. The highest BCUT2D eigenvalue weighted by molar-refractivity contribution is 5.94. The van der Waals surface area contributed by atoms with E-state index < -0.39 is 0 Å². The zero-order chi connectivity index (χ0) is 20.3. The molecule has 2 aliphatic heterocycles. The molecular formula is C25H32N2O2. The first-order chi connectivity index (χ1) is 14.1. The Kier molecular flexibility index (Phi) is 5.79. The number of rotatable bonds is 5. The summed E-state index contributed by atoms with van der Waals surface area (Å²) in [5.74, 6) is 0.881. The standard InChI is InChI=1S/C25H32N2O2/c1-3-25(4-2)18-22(21-10-6-7-11-23(21)29-25)26-24(28)19-12-14-20(15-13-19)27-16-8-5-9-17-27/h6-7,10-15,22H,3-5,8-9,16-18H2,1-2H3,(H,26,28)/t22-/m0/s1. The van der Waals surface area contributed by atoms with Gasteiger partial charge in [-0.3, -0.25) is 4.79 Å². The highest BCUT2D eigenvalue weighted by atomic mass is 16.5. The molecule has 4 rings (SSSR count). The van der Waals surface area contributed by atoms with Crippen LogP contribution in [0.5, 0.6) is 5.75 Å². The second-order valence-electron chi connectivity index (χ2n) is 8.35. The monoisotopic (exact) mass is 392 g/mol. The molecule has 2 aliphatic rings. The molecule has 0 unspecified atom stereocenters. The highest BCUT2D eigenvalue weighted by Gasteiger charge is 2.39. The smallest absolute Gasteiger partial charge is 0.251 e. The maximum absolute atomic E-state index is 13.0. The number of anilines is 1. The molecule has 29 heavy (non-hydrogen) atoms. The summed E-state index contributed by atoms with van der Waals surface area (Å²) in [5.41, 5.74) is 2.79. The summed E-state index contributed by atoms with van der Waals surface area (Å²) in [7, 11) is 0. The number of para-hydroxylation sites is 1. The quantitative estimate of drug-likeness (QED) is 0.732. The summed E-state index contributed by atoms with van der Waals surface area (Å²) < 4.78 is 6.36. The molecular weight excluding hydrogens is 360 g/mol. The lowest BCUT2D eigenvalue weighted by atomic mass is 9.83. The van der Waals surface area contributed by atoms with Crippen LogP contribution in [-0.4, -0.2) is 24.6 Å². The van der Waals surface area contributed by atoms with Crippen molar-refractivity contribution in [1.82, 2.24) is 5.32 Å². The maximum Gasteiger partial charge on any atom is 0.251 e. The van der Waals surface area contributed by atoms with E-state index in [1.54, 1.807) is 0 Å². The van der Waals surface area contributed by atoms with Gasteiger partial charge in [0.1, 0.15) is 11.4 Å². The third-order valence-corrected chi connectivity index (χ3v) is 6.64. The summed E-state index contributed by atoms with van der Waals surface area (Å²) in [4.78, 5) is 15.4. The zero-order valence-corrected chi connectivity index (χ0v) is 17.6. The van der Waals surface area contributed by atoms with Crippen molar-refractivity contribution in [3.05, 3.63) is 59.7 Å². The molecule has 0 aliphatic carbocycles. The van der Waals surface area contributed by atoms with Crippen LogP contribution in [0.25, 0.3) is 0 Å². The molecule has 0 radical (unpaired) electrons. The van der Waals surface area contributed by atoms with Crippen molar-refractivity contribution < 1.29 is 9.53 Å². The number of benzene rings is 2. The summed E-state index contributed by atoms with van der Waals surface area (Å²) in [5, 5.41) is 3.28. The minimum absolute atomic E-state index is 0.0157. The van der Waals surface area contributed by atoms with Gasteiger partial charge in [-0.05, 0) is 62.4 Å². The lowest BCUT2D eigenvalue weighted by Crippen LogP contribution is -2.44. The fourth-order valence-electron chi connectivity index (χ4n) is 4.65. The van der Waals surface area contributed by atoms with E-state index in [-0.39, 0.29) is 17.6 Å². The molecule has 1 saturated heterocycles.